The third-order valence-electron chi connectivity index (χ3n) is 2.90. The molecule has 0 amide bonds. The van der Waals surface area contributed by atoms with Gasteiger partial charge in [-0.3, -0.25) is 4.40 Å². The highest BCUT2D eigenvalue weighted by Crippen LogP contribution is 2.26. The van der Waals surface area contributed by atoms with E-state index >= 15 is 0 Å². The standard InChI is InChI=1S/C15H13F2N3O/c1-9(2)21-15-14-19-8-13(20(14)4-3-18-15)10-5-11(16)7-12(17)6-10/h3-9H,1-2H3. The van der Waals surface area contributed by atoms with E-state index in [2.05, 4.69) is 9.97 Å². The molecule has 0 aliphatic rings. The molecule has 3 aromatic rings. The molecule has 0 spiro atoms. The molecule has 6 heteroatoms. The van der Waals surface area contributed by atoms with E-state index in [9.17, 15) is 8.78 Å². The number of hydrogen-bond donors (Lipinski definition) is 0. The van der Waals surface area contributed by atoms with Crippen molar-refractivity contribution in [2.75, 3.05) is 0 Å². The summed E-state index contributed by atoms with van der Waals surface area (Å²) in [5.41, 5.74) is 1.48. The Morgan fingerprint density at radius 1 is 1.10 bits per heavy atom. The van der Waals surface area contributed by atoms with Crippen LogP contribution in [0.5, 0.6) is 5.88 Å². The molecule has 4 nitrogen and oxygen atoms in total. The Morgan fingerprint density at radius 2 is 1.81 bits per heavy atom. The van der Waals surface area contributed by atoms with Gasteiger partial charge in [0.15, 0.2) is 0 Å². The van der Waals surface area contributed by atoms with Gasteiger partial charge >= 0.3 is 0 Å². The molecule has 1 aromatic carbocycles. The van der Waals surface area contributed by atoms with Crippen molar-refractivity contribution >= 4 is 5.65 Å². The lowest BCUT2D eigenvalue weighted by Gasteiger charge is -2.09. The lowest BCUT2D eigenvalue weighted by atomic mass is 10.1. The lowest BCUT2D eigenvalue weighted by Crippen LogP contribution is -2.08. The summed E-state index contributed by atoms with van der Waals surface area (Å²) in [6.07, 6.45) is 4.73. The second-order valence-electron chi connectivity index (χ2n) is 4.89. The SMILES string of the molecule is CC(C)Oc1nccn2c(-c3cc(F)cc(F)c3)cnc12. The van der Waals surface area contributed by atoms with Crippen LogP contribution in [0, 0.1) is 11.6 Å². The van der Waals surface area contributed by atoms with Gasteiger partial charge in [-0.05, 0) is 26.0 Å². The molecule has 21 heavy (non-hydrogen) atoms. The van der Waals surface area contributed by atoms with Crippen molar-refractivity contribution in [3.05, 3.63) is 48.4 Å². The molecule has 108 valence electrons. The number of imidazole rings is 1. The Morgan fingerprint density at radius 3 is 2.48 bits per heavy atom. The minimum Gasteiger partial charge on any atom is -0.472 e. The predicted molar refractivity (Wildman–Crippen MR) is 74.1 cm³/mol. The van der Waals surface area contributed by atoms with Gasteiger partial charge in [0.25, 0.3) is 5.88 Å². The average molecular weight is 289 g/mol. The summed E-state index contributed by atoms with van der Waals surface area (Å²) >= 11 is 0. The maximum Gasteiger partial charge on any atom is 0.258 e. The van der Waals surface area contributed by atoms with Crippen molar-refractivity contribution in [2.24, 2.45) is 0 Å². The molecule has 2 heterocycles. The summed E-state index contributed by atoms with van der Waals surface area (Å²) in [6, 6.07) is 3.35. The van der Waals surface area contributed by atoms with Crippen LogP contribution in [-0.4, -0.2) is 20.5 Å². The number of rotatable bonds is 3. The van der Waals surface area contributed by atoms with E-state index in [-0.39, 0.29) is 6.10 Å². The highest BCUT2D eigenvalue weighted by molar-refractivity contribution is 5.65. The number of aromatic nitrogens is 3. The van der Waals surface area contributed by atoms with Gasteiger partial charge in [-0.25, -0.2) is 18.7 Å². The van der Waals surface area contributed by atoms with Gasteiger partial charge in [0.2, 0.25) is 5.65 Å². The second kappa shape index (κ2) is 5.12. The summed E-state index contributed by atoms with van der Waals surface area (Å²) in [4.78, 5) is 8.37. The molecule has 0 fully saturated rings. The quantitative estimate of drug-likeness (QED) is 0.741. The van der Waals surface area contributed by atoms with Gasteiger partial charge in [-0.1, -0.05) is 0 Å². The topological polar surface area (TPSA) is 39.4 Å². The van der Waals surface area contributed by atoms with Crippen LogP contribution in [0.2, 0.25) is 0 Å². The van der Waals surface area contributed by atoms with E-state index in [0.717, 1.165) is 6.07 Å². The fourth-order valence-corrected chi connectivity index (χ4v) is 2.12. The Balaban J connectivity index is 2.16. The van der Waals surface area contributed by atoms with Crippen LogP contribution in [0.4, 0.5) is 8.78 Å². The molecular weight excluding hydrogens is 276 g/mol. The van der Waals surface area contributed by atoms with E-state index in [1.807, 2.05) is 13.8 Å². The maximum absolute atomic E-state index is 13.4. The van der Waals surface area contributed by atoms with Crippen molar-refractivity contribution in [1.82, 2.24) is 14.4 Å². The van der Waals surface area contributed by atoms with Gasteiger partial charge < -0.3 is 4.74 Å². The minimum atomic E-state index is -0.632. The first kappa shape index (κ1) is 13.5. The molecule has 0 saturated carbocycles. The summed E-state index contributed by atoms with van der Waals surface area (Å²) in [5.74, 6) is -0.879. The maximum atomic E-state index is 13.4. The summed E-state index contributed by atoms with van der Waals surface area (Å²) in [5, 5.41) is 0. The molecule has 0 saturated heterocycles. The average Bonchev–Trinajstić information content (AvgIpc) is 2.81. The fraction of sp³-hybridized carbons (Fsp3) is 0.200. The van der Waals surface area contributed by atoms with Gasteiger partial charge in [0, 0.05) is 24.0 Å². The number of halogens is 2. The number of hydrogen-bond acceptors (Lipinski definition) is 3. The van der Waals surface area contributed by atoms with Crippen molar-refractivity contribution in [3.63, 3.8) is 0 Å². The van der Waals surface area contributed by atoms with Crippen LogP contribution in [0.1, 0.15) is 13.8 Å². The number of ether oxygens (including phenoxy) is 1. The summed E-state index contributed by atoms with van der Waals surface area (Å²) < 4.78 is 34.0. The molecule has 3 rings (SSSR count). The summed E-state index contributed by atoms with van der Waals surface area (Å²) in [6.45, 7) is 3.77. The van der Waals surface area contributed by atoms with E-state index in [0.29, 0.717) is 22.8 Å². The van der Waals surface area contributed by atoms with Crippen LogP contribution in [0.15, 0.2) is 36.8 Å². The zero-order valence-corrected chi connectivity index (χ0v) is 11.5. The third kappa shape index (κ3) is 2.56. The normalized spacial score (nSPS) is 11.3. The largest absolute Gasteiger partial charge is 0.472 e. The van der Waals surface area contributed by atoms with Crippen LogP contribution in [-0.2, 0) is 0 Å². The van der Waals surface area contributed by atoms with Crippen molar-refractivity contribution < 1.29 is 13.5 Å². The molecule has 0 aliphatic heterocycles. The highest BCUT2D eigenvalue weighted by Gasteiger charge is 2.13. The molecule has 0 atom stereocenters. The molecule has 0 aliphatic carbocycles. The van der Waals surface area contributed by atoms with Crippen LogP contribution in [0.25, 0.3) is 16.9 Å². The van der Waals surface area contributed by atoms with Crippen LogP contribution < -0.4 is 4.74 Å². The fourth-order valence-electron chi connectivity index (χ4n) is 2.12. The van der Waals surface area contributed by atoms with Gasteiger partial charge in [-0.2, -0.15) is 0 Å². The van der Waals surface area contributed by atoms with Crippen molar-refractivity contribution in [1.29, 1.82) is 0 Å². The number of benzene rings is 1. The molecule has 0 unspecified atom stereocenters. The Kier molecular flexibility index (Phi) is 3.29. The molecule has 0 radical (unpaired) electrons. The molecule has 0 bridgehead atoms. The summed E-state index contributed by atoms with van der Waals surface area (Å²) in [7, 11) is 0. The Labute approximate surface area is 120 Å². The van der Waals surface area contributed by atoms with Crippen molar-refractivity contribution in [2.45, 2.75) is 20.0 Å². The smallest absolute Gasteiger partial charge is 0.258 e. The van der Waals surface area contributed by atoms with Gasteiger partial charge in [0.05, 0.1) is 18.0 Å². The van der Waals surface area contributed by atoms with E-state index < -0.39 is 11.6 Å². The number of nitrogens with zero attached hydrogens (tertiary/aromatic N) is 3. The number of fused-ring (bicyclic) bond motifs is 1. The Bertz CT molecular complexity index is 778. The predicted octanol–water partition coefficient (Wildman–Crippen LogP) is 3.46. The highest BCUT2D eigenvalue weighted by atomic mass is 19.1. The lowest BCUT2D eigenvalue weighted by molar-refractivity contribution is 0.234. The van der Waals surface area contributed by atoms with Crippen LogP contribution in [0.3, 0.4) is 0 Å². The second-order valence-corrected chi connectivity index (χ2v) is 4.89. The van der Waals surface area contributed by atoms with Crippen molar-refractivity contribution in [3.8, 4) is 17.1 Å². The van der Waals surface area contributed by atoms with E-state index in [1.165, 1.54) is 12.1 Å². The van der Waals surface area contributed by atoms with Crippen LogP contribution >= 0.6 is 0 Å². The van der Waals surface area contributed by atoms with E-state index in [4.69, 9.17) is 4.74 Å². The first-order chi connectivity index (χ1) is 10.0. The first-order valence-electron chi connectivity index (χ1n) is 6.50. The molecule has 0 N–H and O–H groups in total. The van der Waals surface area contributed by atoms with E-state index in [1.54, 1.807) is 23.0 Å². The Hall–Kier alpha value is -2.50. The van der Waals surface area contributed by atoms with Gasteiger partial charge in [-0.15, -0.1) is 0 Å². The van der Waals surface area contributed by atoms with Gasteiger partial charge in [0.1, 0.15) is 11.6 Å². The zero-order valence-electron chi connectivity index (χ0n) is 11.5. The molecule has 2 aromatic heterocycles. The zero-order chi connectivity index (χ0) is 15.0. The first-order valence-corrected chi connectivity index (χ1v) is 6.50. The third-order valence-corrected chi connectivity index (χ3v) is 2.90. The monoisotopic (exact) mass is 289 g/mol. The minimum absolute atomic E-state index is 0.0459. The molecular formula is C15H13F2N3O.